The van der Waals surface area contributed by atoms with Gasteiger partial charge in [-0.1, -0.05) is 13.8 Å². The van der Waals surface area contributed by atoms with Crippen LogP contribution in [0.25, 0.3) is 0 Å². The number of carboxylic acids is 1. The topological polar surface area (TPSA) is 95.9 Å². The molecule has 2 amide bonds. The molecule has 0 bridgehead atoms. The van der Waals surface area contributed by atoms with Gasteiger partial charge in [0.15, 0.2) is 0 Å². The van der Waals surface area contributed by atoms with Crippen LogP contribution in [0, 0.1) is 5.41 Å². The predicted octanol–water partition coefficient (Wildman–Crippen LogP) is 2.62. The van der Waals surface area contributed by atoms with Gasteiger partial charge in [0, 0.05) is 26.1 Å². The number of carbonyl (C=O) groups excluding carboxylic acids is 2. The van der Waals surface area contributed by atoms with Gasteiger partial charge in [0.25, 0.3) is 5.91 Å². The van der Waals surface area contributed by atoms with Crippen molar-refractivity contribution in [3.63, 3.8) is 0 Å². The molecule has 1 aromatic carbocycles. The average molecular weight is 350 g/mol. The number of hydrogen-bond donors (Lipinski definition) is 2. The van der Waals surface area contributed by atoms with Gasteiger partial charge in [-0.15, -0.1) is 0 Å². The Morgan fingerprint density at radius 1 is 1.20 bits per heavy atom. The first-order chi connectivity index (χ1) is 11.6. The lowest BCUT2D eigenvalue weighted by molar-refractivity contribution is -0.139. The molecule has 0 atom stereocenters. The van der Waals surface area contributed by atoms with Crippen LogP contribution in [0.1, 0.15) is 44.0 Å². The molecule has 0 radical (unpaired) electrons. The first kappa shape index (κ1) is 20.5. The number of anilines is 1. The number of rotatable bonds is 8. The van der Waals surface area contributed by atoms with Gasteiger partial charge in [-0.25, -0.2) is 0 Å². The quantitative estimate of drug-likeness (QED) is 0.751. The fourth-order valence-electron chi connectivity index (χ4n) is 2.40. The lowest BCUT2D eigenvalue weighted by Gasteiger charge is -2.22. The largest absolute Gasteiger partial charge is 0.492 e. The minimum atomic E-state index is -0.952. The fraction of sp³-hybridized carbons (Fsp3) is 0.500. The molecule has 7 heteroatoms. The molecule has 0 aliphatic carbocycles. The Labute approximate surface area is 148 Å². The number of ether oxygens (including phenoxy) is 1. The van der Waals surface area contributed by atoms with E-state index in [0.29, 0.717) is 23.6 Å². The zero-order valence-corrected chi connectivity index (χ0v) is 15.4. The van der Waals surface area contributed by atoms with Crippen molar-refractivity contribution in [2.45, 2.75) is 33.6 Å². The number of carboxylic acid groups (broad SMARTS) is 1. The third-order valence-corrected chi connectivity index (χ3v) is 3.48. The lowest BCUT2D eigenvalue weighted by Crippen LogP contribution is -2.25. The van der Waals surface area contributed by atoms with Crippen LogP contribution in [0.15, 0.2) is 18.2 Å². The van der Waals surface area contributed by atoms with Crippen molar-refractivity contribution in [2.24, 2.45) is 5.41 Å². The Kier molecular flexibility index (Phi) is 6.97. The van der Waals surface area contributed by atoms with E-state index < -0.39 is 11.4 Å². The molecule has 1 rings (SSSR count). The molecule has 0 fully saturated rings. The summed E-state index contributed by atoms with van der Waals surface area (Å²) in [7, 11) is 3.29. The number of aliphatic carboxylic acids is 1. The van der Waals surface area contributed by atoms with Crippen LogP contribution in [0.2, 0.25) is 0 Å². The number of nitrogens with zero attached hydrogens (tertiary/aromatic N) is 1. The summed E-state index contributed by atoms with van der Waals surface area (Å²) in [4.78, 5) is 36.8. The molecule has 0 aliphatic heterocycles. The summed E-state index contributed by atoms with van der Waals surface area (Å²) in [5.74, 6) is -1.01. The molecule has 2 N–H and O–H groups in total. The lowest BCUT2D eigenvalue weighted by atomic mass is 9.85. The molecule has 7 nitrogen and oxygen atoms in total. The van der Waals surface area contributed by atoms with Crippen molar-refractivity contribution in [1.29, 1.82) is 0 Å². The zero-order chi connectivity index (χ0) is 19.2. The van der Waals surface area contributed by atoms with Crippen molar-refractivity contribution >= 4 is 23.5 Å². The third kappa shape index (κ3) is 6.45. The smallest absolute Gasteiger partial charge is 0.303 e. The molecule has 25 heavy (non-hydrogen) atoms. The van der Waals surface area contributed by atoms with Crippen LogP contribution in [0.3, 0.4) is 0 Å². The molecule has 0 saturated carbocycles. The first-order valence-electron chi connectivity index (χ1n) is 8.06. The molecular formula is C18H26N2O5. The molecule has 0 spiro atoms. The highest BCUT2D eigenvalue weighted by atomic mass is 16.5. The van der Waals surface area contributed by atoms with Crippen LogP contribution in [-0.4, -0.2) is 48.5 Å². The Bertz CT molecular complexity index is 653. The standard InChI is InChI=1S/C18H26N2O5/c1-6-25-14-8-7-12(17(24)20(4)5)9-13(14)19-15(21)10-18(2,3)11-16(22)23/h7-9H,6,10-11H2,1-5H3,(H,19,21)(H,22,23). The zero-order valence-electron chi connectivity index (χ0n) is 15.4. The second-order valence-electron chi connectivity index (χ2n) is 6.80. The highest BCUT2D eigenvalue weighted by Gasteiger charge is 2.26. The Hall–Kier alpha value is -2.57. The van der Waals surface area contributed by atoms with Gasteiger partial charge in [0.05, 0.1) is 18.7 Å². The maximum Gasteiger partial charge on any atom is 0.303 e. The number of nitrogens with one attached hydrogen (secondary N) is 1. The summed E-state index contributed by atoms with van der Waals surface area (Å²) in [6.07, 6.45) is -0.0748. The SMILES string of the molecule is CCOc1ccc(C(=O)N(C)C)cc1NC(=O)CC(C)(C)CC(=O)O. The highest BCUT2D eigenvalue weighted by molar-refractivity contribution is 5.98. The van der Waals surface area contributed by atoms with Gasteiger partial charge < -0.3 is 20.1 Å². The van der Waals surface area contributed by atoms with Crippen LogP contribution < -0.4 is 10.1 Å². The fourth-order valence-corrected chi connectivity index (χ4v) is 2.40. The third-order valence-electron chi connectivity index (χ3n) is 3.48. The molecule has 0 saturated heterocycles. The first-order valence-corrected chi connectivity index (χ1v) is 8.06. The van der Waals surface area contributed by atoms with E-state index in [9.17, 15) is 14.4 Å². The molecule has 1 aromatic rings. The van der Waals surface area contributed by atoms with E-state index in [-0.39, 0.29) is 24.7 Å². The highest BCUT2D eigenvalue weighted by Crippen LogP contribution is 2.29. The normalized spacial score (nSPS) is 10.9. The van der Waals surface area contributed by atoms with E-state index >= 15 is 0 Å². The molecule has 0 unspecified atom stereocenters. The van der Waals surface area contributed by atoms with Gasteiger partial charge in [-0.2, -0.15) is 0 Å². The predicted molar refractivity (Wildman–Crippen MR) is 94.9 cm³/mol. The van der Waals surface area contributed by atoms with Crippen molar-refractivity contribution in [1.82, 2.24) is 4.90 Å². The summed E-state index contributed by atoms with van der Waals surface area (Å²) in [5.41, 5.74) is 0.137. The van der Waals surface area contributed by atoms with Crippen LogP contribution in [-0.2, 0) is 9.59 Å². The van der Waals surface area contributed by atoms with E-state index in [0.717, 1.165) is 0 Å². The van der Waals surface area contributed by atoms with E-state index in [4.69, 9.17) is 9.84 Å². The Morgan fingerprint density at radius 2 is 1.84 bits per heavy atom. The summed E-state index contributed by atoms with van der Waals surface area (Å²) in [6, 6.07) is 4.84. The van der Waals surface area contributed by atoms with Crippen LogP contribution in [0.4, 0.5) is 5.69 Å². The van der Waals surface area contributed by atoms with Gasteiger partial charge >= 0.3 is 5.97 Å². The van der Waals surface area contributed by atoms with Gasteiger partial charge in [-0.05, 0) is 30.5 Å². The number of carbonyl (C=O) groups is 3. The van der Waals surface area contributed by atoms with Crippen molar-refractivity contribution < 1.29 is 24.2 Å². The van der Waals surface area contributed by atoms with Gasteiger partial charge in [-0.3, -0.25) is 14.4 Å². The minimum Gasteiger partial charge on any atom is -0.492 e. The number of benzene rings is 1. The van der Waals surface area contributed by atoms with Crippen molar-refractivity contribution in [3.05, 3.63) is 23.8 Å². The van der Waals surface area contributed by atoms with E-state index in [1.165, 1.54) is 4.90 Å². The van der Waals surface area contributed by atoms with Gasteiger partial charge in [0.2, 0.25) is 5.91 Å². The second kappa shape index (κ2) is 8.50. The Balaban J connectivity index is 3.00. The van der Waals surface area contributed by atoms with Crippen LogP contribution in [0.5, 0.6) is 5.75 Å². The summed E-state index contributed by atoms with van der Waals surface area (Å²) >= 11 is 0. The number of amides is 2. The summed E-state index contributed by atoms with van der Waals surface area (Å²) < 4.78 is 5.49. The maximum atomic E-state index is 12.3. The van der Waals surface area contributed by atoms with E-state index in [2.05, 4.69) is 5.32 Å². The van der Waals surface area contributed by atoms with Crippen molar-refractivity contribution in [3.8, 4) is 5.75 Å². The van der Waals surface area contributed by atoms with Crippen LogP contribution >= 0.6 is 0 Å². The van der Waals surface area contributed by atoms with Crippen molar-refractivity contribution in [2.75, 3.05) is 26.0 Å². The van der Waals surface area contributed by atoms with Gasteiger partial charge in [0.1, 0.15) is 5.75 Å². The molecular weight excluding hydrogens is 324 g/mol. The molecule has 0 aromatic heterocycles. The second-order valence-corrected chi connectivity index (χ2v) is 6.80. The Morgan fingerprint density at radius 3 is 2.36 bits per heavy atom. The average Bonchev–Trinajstić information content (AvgIpc) is 2.46. The summed E-state index contributed by atoms with van der Waals surface area (Å²) in [6.45, 7) is 5.67. The van der Waals surface area contributed by atoms with E-state index in [1.807, 2.05) is 6.92 Å². The monoisotopic (exact) mass is 350 g/mol. The summed E-state index contributed by atoms with van der Waals surface area (Å²) in [5, 5.41) is 11.7. The number of hydrogen-bond acceptors (Lipinski definition) is 4. The molecule has 138 valence electrons. The maximum absolute atomic E-state index is 12.3. The van der Waals surface area contributed by atoms with E-state index in [1.54, 1.807) is 46.1 Å². The molecule has 0 aliphatic rings. The molecule has 0 heterocycles. The minimum absolute atomic E-state index is 0.0384.